The molecule has 2 aromatic heterocycles. The van der Waals surface area contributed by atoms with E-state index in [1.54, 1.807) is 16.8 Å². The number of sulfonamides is 1. The quantitative estimate of drug-likeness (QED) is 0.0696. The second-order valence-electron chi connectivity index (χ2n) is 15.4. The molecule has 6 aromatic rings. The molecule has 1 fully saturated rings. The van der Waals surface area contributed by atoms with Crippen LogP contribution in [0.4, 0.5) is 16.2 Å². The first-order valence-corrected chi connectivity index (χ1v) is 23.1. The van der Waals surface area contributed by atoms with Crippen LogP contribution >= 0.6 is 0 Å². The Morgan fingerprint density at radius 2 is 1.49 bits per heavy atom. The lowest BCUT2D eigenvalue weighted by atomic mass is 10.0. The highest BCUT2D eigenvalue weighted by Gasteiger charge is 2.28. The first-order chi connectivity index (χ1) is 31.7. The number of carbonyl (C=O) groups is 2. The topological polar surface area (TPSA) is 189 Å². The predicted molar refractivity (Wildman–Crippen MR) is 245 cm³/mol. The Morgan fingerprint density at radius 3 is 2.25 bits per heavy atom. The number of aryl methyl sites for hydroxylation is 1. The van der Waals surface area contributed by atoms with E-state index in [-0.39, 0.29) is 17.9 Å². The van der Waals surface area contributed by atoms with Crippen LogP contribution < -0.4 is 20.3 Å². The van der Waals surface area contributed by atoms with E-state index in [1.165, 1.54) is 12.1 Å². The van der Waals surface area contributed by atoms with Gasteiger partial charge in [-0.1, -0.05) is 71.4 Å². The minimum Gasteiger partial charge on any atom is -0.445 e. The lowest BCUT2D eigenvalue weighted by molar-refractivity contribution is -0.117. The van der Waals surface area contributed by atoms with Crippen molar-refractivity contribution in [3.63, 3.8) is 0 Å². The number of para-hydroxylation sites is 1. The number of nitrogens with one attached hydrogen (secondary N) is 3. The van der Waals surface area contributed by atoms with E-state index >= 15 is 0 Å². The highest BCUT2D eigenvalue weighted by molar-refractivity contribution is 7.89. The van der Waals surface area contributed by atoms with Crippen LogP contribution in [-0.2, 0) is 64.6 Å². The molecule has 0 saturated carbocycles. The number of benzene rings is 4. The van der Waals surface area contributed by atoms with Crippen molar-refractivity contribution in [2.45, 2.75) is 44.0 Å². The Kier molecular flexibility index (Phi) is 17.1. The molecular formula is C47H56N8O9S. The molecule has 65 heavy (non-hydrogen) atoms. The van der Waals surface area contributed by atoms with Crippen molar-refractivity contribution in [3.05, 3.63) is 138 Å². The van der Waals surface area contributed by atoms with Crippen molar-refractivity contribution in [2.24, 2.45) is 0 Å². The summed E-state index contributed by atoms with van der Waals surface area (Å²) in [5, 5.41) is 15.2. The van der Waals surface area contributed by atoms with Crippen LogP contribution in [-0.4, -0.2) is 119 Å². The van der Waals surface area contributed by atoms with Crippen molar-refractivity contribution in [2.75, 3.05) is 82.7 Å². The monoisotopic (exact) mass is 908 g/mol. The fourth-order valence-electron chi connectivity index (χ4n) is 7.20. The number of hydrogen-bond acceptors (Lipinski definition) is 12. The maximum absolute atomic E-state index is 14.1. The number of aromatic nitrogens is 4. The minimum absolute atomic E-state index is 0.0729. The maximum atomic E-state index is 14.1. The van der Waals surface area contributed by atoms with Gasteiger partial charge in [-0.05, 0) is 66.9 Å². The summed E-state index contributed by atoms with van der Waals surface area (Å²) in [5.74, 6) is -0.484. The van der Waals surface area contributed by atoms with E-state index in [4.69, 9.17) is 23.7 Å². The molecule has 0 bridgehead atoms. The smallest absolute Gasteiger partial charge is 0.407 e. The zero-order valence-corrected chi connectivity index (χ0v) is 37.3. The number of morpholine rings is 1. The molecule has 1 saturated heterocycles. The summed E-state index contributed by atoms with van der Waals surface area (Å²) in [6.07, 6.45) is 3.40. The second kappa shape index (κ2) is 23.7. The zero-order chi connectivity index (χ0) is 45.3. The van der Waals surface area contributed by atoms with E-state index in [2.05, 4.69) is 30.6 Å². The lowest BCUT2D eigenvalue weighted by Gasteiger charge is -2.29. The number of nitrogens with zero attached hydrogens (tertiary/aromatic N) is 5. The Labute approximate surface area is 379 Å². The van der Waals surface area contributed by atoms with Gasteiger partial charge in [0.2, 0.25) is 15.9 Å². The van der Waals surface area contributed by atoms with Gasteiger partial charge in [0.25, 0.3) is 0 Å². The van der Waals surface area contributed by atoms with Crippen molar-refractivity contribution in [1.82, 2.24) is 29.6 Å². The van der Waals surface area contributed by atoms with E-state index in [9.17, 15) is 18.0 Å². The minimum atomic E-state index is -4.07. The molecule has 0 spiro atoms. The van der Waals surface area contributed by atoms with Gasteiger partial charge in [0, 0.05) is 48.1 Å². The van der Waals surface area contributed by atoms with Gasteiger partial charge in [0.05, 0.1) is 77.0 Å². The molecule has 0 unspecified atom stereocenters. The number of anilines is 2. The van der Waals surface area contributed by atoms with Crippen LogP contribution in [0.15, 0.2) is 120 Å². The fourth-order valence-corrected chi connectivity index (χ4v) is 8.39. The van der Waals surface area contributed by atoms with Gasteiger partial charge in [-0.15, -0.1) is 5.10 Å². The summed E-state index contributed by atoms with van der Waals surface area (Å²) in [6.45, 7) is 8.52. The number of carbonyl (C=O) groups excluding carboxylic acids is 2. The van der Waals surface area contributed by atoms with Gasteiger partial charge in [0.15, 0.2) is 0 Å². The Morgan fingerprint density at radius 1 is 0.800 bits per heavy atom. The SMILES string of the molecule is Cc1ccc(S(=O)(=O)N[C@@H](Cc2cn(Cc3cn(CCOCCOCCOCCNC(=O)OCc4ccccc4)nn3)c3ccccc23)C(=O)Nc2ccc(N3CCOCC3)cc2)cc1. The van der Waals surface area contributed by atoms with Crippen LogP contribution in [0.25, 0.3) is 10.9 Å². The third-order valence-electron chi connectivity index (χ3n) is 10.6. The van der Waals surface area contributed by atoms with E-state index < -0.39 is 28.1 Å². The molecule has 18 heteroatoms. The van der Waals surface area contributed by atoms with Gasteiger partial charge in [-0.3, -0.25) is 4.79 Å². The van der Waals surface area contributed by atoms with Crippen LogP contribution in [0.2, 0.25) is 0 Å². The summed E-state index contributed by atoms with van der Waals surface area (Å²) >= 11 is 0. The predicted octanol–water partition coefficient (Wildman–Crippen LogP) is 4.93. The number of fused-ring (bicyclic) bond motifs is 1. The number of rotatable bonds is 24. The third-order valence-corrected chi connectivity index (χ3v) is 12.1. The molecule has 4 aromatic carbocycles. The average molecular weight is 909 g/mol. The van der Waals surface area contributed by atoms with Crippen LogP contribution in [0.5, 0.6) is 0 Å². The standard InChI is InChI=1S/C47H56N8O9S/c1-36-11-17-42(18-12-36)65(58,59)51-44(46(56)49-39-13-15-41(16-14-39)53-20-24-61-25-21-53)31-38-32-54(45-10-6-5-9-43(38)45)33-40-34-55(52-50-40)22-26-62-28-30-63-29-27-60-23-19-48-47(57)64-35-37-7-3-2-4-8-37/h2-18,32,34,44,51H,19-31,33,35H2,1H3,(H,48,57)(H,49,56)/t44-/m0/s1. The molecule has 2 amide bonds. The molecular weight excluding hydrogens is 853 g/mol. The summed E-state index contributed by atoms with van der Waals surface area (Å²) < 4.78 is 61.4. The molecule has 7 rings (SSSR count). The summed E-state index contributed by atoms with van der Waals surface area (Å²) in [6, 6.07) is 30.2. The number of alkyl carbamates (subject to hydrolysis) is 1. The van der Waals surface area contributed by atoms with Crippen molar-refractivity contribution in [1.29, 1.82) is 0 Å². The van der Waals surface area contributed by atoms with E-state index in [0.29, 0.717) is 78.2 Å². The Balaban J connectivity index is 0.880. The zero-order valence-electron chi connectivity index (χ0n) is 36.5. The Bertz CT molecular complexity index is 2530. The van der Waals surface area contributed by atoms with Gasteiger partial charge >= 0.3 is 6.09 Å². The molecule has 1 atom stereocenters. The molecule has 1 aliphatic heterocycles. The maximum Gasteiger partial charge on any atom is 0.407 e. The number of hydrogen-bond donors (Lipinski definition) is 3. The third kappa shape index (κ3) is 14.2. The molecule has 3 heterocycles. The molecule has 0 radical (unpaired) electrons. The number of ether oxygens (including phenoxy) is 5. The van der Waals surface area contributed by atoms with Crippen LogP contribution in [0, 0.1) is 6.92 Å². The van der Waals surface area contributed by atoms with Crippen molar-refractivity contribution < 1.29 is 41.7 Å². The van der Waals surface area contributed by atoms with E-state index in [0.717, 1.165) is 52.1 Å². The summed E-state index contributed by atoms with van der Waals surface area (Å²) in [5.41, 5.74) is 5.83. The molecule has 344 valence electrons. The second-order valence-corrected chi connectivity index (χ2v) is 17.1. The number of amides is 2. The Hall–Kier alpha value is -6.15. The van der Waals surface area contributed by atoms with Gasteiger partial charge < -0.3 is 43.8 Å². The lowest BCUT2D eigenvalue weighted by Crippen LogP contribution is -2.45. The molecule has 1 aliphatic rings. The summed E-state index contributed by atoms with van der Waals surface area (Å²) in [4.78, 5) is 28.2. The first-order valence-electron chi connectivity index (χ1n) is 21.7. The van der Waals surface area contributed by atoms with E-state index in [1.807, 2.05) is 103 Å². The highest BCUT2D eigenvalue weighted by Crippen LogP contribution is 2.25. The van der Waals surface area contributed by atoms with Crippen molar-refractivity contribution in [3.8, 4) is 0 Å². The fraction of sp³-hybridized carbons (Fsp3) is 0.362. The summed E-state index contributed by atoms with van der Waals surface area (Å²) in [7, 11) is -4.07. The first kappa shape index (κ1) is 46.8. The van der Waals surface area contributed by atoms with Crippen LogP contribution in [0.3, 0.4) is 0 Å². The molecule has 17 nitrogen and oxygen atoms in total. The largest absolute Gasteiger partial charge is 0.445 e. The van der Waals surface area contributed by atoms with Crippen molar-refractivity contribution >= 4 is 44.3 Å². The molecule has 3 N–H and O–H groups in total. The normalized spacial score (nSPS) is 13.5. The average Bonchev–Trinajstić information content (AvgIpc) is 3.92. The highest BCUT2D eigenvalue weighted by atomic mass is 32.2. The van der Waals surface area contributed by atoms with Gasteiger partial charge in [-0.25, -0.2) is 17.9 Å². The van der Waals surface area contributed by atoms with Gasteiger partial charge in [-0.2, -0.15) is 4.72 Å². The molecule has 0 aliphatic carbocycles. The van der Waals surface area contributed by atoms with Crippen LogP contribution in [0.1, 0.15) is 22.4 Å². The van der Waals surface area contributed by atoms with Gasteiger partial charge in [0.1, 0.15) is 18.3 Å².